The second-order valence-corrected chi connectivity index (χ2v) is 8.56. The van der Waals surface area contributed by atoms with Crippen LogP contribution in [0.15, 0.2) is 48.7 Å². The molecule has 0 aliphatic carbocycles. The van der Waals surface area contributed by atoms with Gasteiger partial charge < -0.3 is 24.6 Å². The number of anilines is 3. The Kier molecular flexibility index (Phi) is 8.73. The number of ether oxygens (including phenoxy) is 2. The molecule has 0 radical (unpaired) electrons. The molecule has 1 saturated heterocycles. The number of hydrogen-bond acceptors (Lipinski definition) is 8. The van der Waals surface area contributed by atoms with Crippen molar-refractivity contribution in [3.05, 3.63) is 54.2 Å². The van der Waals surface area contributed by atoms with Crippen LogP contribution in [0.25, 0.3) is 11.3 Å². The second-order valence-electron chi connectivity index (χ2n) is 8.56. The number of pyridine rings is 1. The molecule has 1 fully saturated rings. The van der Waals surface area contributed by atoms with Gasteiger partial charge in [0.25, 0.3) is 0 Å². The Balaban J connectivity index is 1.55. The van der Waals surface area contributed by atoms with E-state index in [-0.39, 0.29) is 0 Å². The zero-order chi connectivity index (χ0) is 24.5. The van der Waals surface area contributed by atoms with E-state index in [1.54, 1.807) is 0 Å². The van der Waals surface area contributed by atoms with E-state index in [9.17, 15) is 0 Å². The third-order valence-corrected chi connectivity index (χ3v) is 5.91. The van der Waals surface area contributed by atoms with E-state index in [1.807, 2.05) is 43.5 Å². The van der Waals surface area contributed by atoms with Crippen molar-refractivity contribution < 1.29 is 9.47 Å². The zero-order valence-corrected chi connectivity index (χ0v) is 21.0. The van der Waals surface area contributed by atoms with Crippen LogP contribution in [-0.4, -0.2) is 67.5 Å². The van der Waals surface area contributed by atoms with Gasteiger partial charge in [0.15, 0.2) is 0 Å². The molecular weight excluding hydrogens is 440 g/mol. The molecule has 1 aromatic carbocycles. The first-order valence-electron chi connectivity index (χ1n) is 12.5. The van der Waals surface area contributed by atoms with E-state index in [2.05, 4.69) is 46.1 Å². The smallest absolute Gasteiger partial charge is 0.228 e. The Morgan fingerprint density at radius 3 is 2.69 bits per heavy atom. The van der Waals surface area contributed by atoms with Crippen molar-refractivity contribution in [2.45, 2.75) is 27.2 Å². The van der Waals surface area contributed by atoms with E-state index >= 15 is 0 Å². The topological polar surface area (TPSA) is 75.6 Å². The standard InChI is InChI=1S/C27H36N6O2/c1-4-13-32(26-21(3)8-7-11-29-26)14-12-28-25-20-24(22-9-6-10-23(19-22)35-5-2)30-27(31-25)33-15-17-34-18-16-33/h6-11,19-20H,4-5,12-18H2,1-3H3,(H,28,30,31). The predicted molar refractivity (Wildman–Crippen MR) is 142 cm³/mol. The quantitative estimate of drug-likeness (QED) is 0.436. The molecule has 1 aliphatic heterocycles. The largest absolute Gasteiger partial charge is 0.494 e. The fourth-order valence-electron chi connectivity index (χ4n) is 4.21. The van der Waals surface area contributed by atoms with Gasteiger partial charge in [-0.1, -0.05) is 25.1 Å². The highest BCUT2D eigenvalue weighted by molar-refractivity contribution is 5.66. The van der Waals surface area contributed by atoms with E-state index in [1.165, 1.54) is 5.56 Å². The molecule has 0 amide bonds. The van der Waals surface area contributed by atoms with Gasteiger partial charge in [-0.05, 0) is 44.0 Å². The number of rotatable bonds is 11. The molecule has 35 heavy (non-hydrogen) atoms. The first-order valence-corrected chi connectivity index (χ1v) is 12.5. The Morgan fingerprint density at radius 1 is 1.06 bits per heavy atom. The highest BCUT2D eigenvalue weighted by atomic mass is 16.5. The molecule has 3 heterocycles. The number of aromatic nitrogens is 3. The molecule has 0 unspecified atom stereocenters. The molecule has 0 saturated carbocycles. The van der Waals surface area contributed by atoms with Crippen LogP contribution in [0.5, 0.6) is 5.75 Å². The third-order valence-electron chi connectivity index (χ3n) is 5.91. The number of benzene rings is 1. The summed E-state index contributed by atoms with van der Waals surface area (Å²) in [5.74, 6) is 3.42. The Hall–Kier alpha value is -3.39. The van der Waals surface area contributed by atoms with Gasteiger partial charge in [-0.2, -0.15) is 4.98 Å². The van der Waals surface area contributed by atoms with Gasteiger partial charge in [0.05, 0.1) is 25.5 Å². The summed E-state index contributed by atoms with van der Waals surface area (Å²) >= 11 is 0. The maximum Gasteiger partial charge on any atom is 0.228 e. The van der Waals surface area contributed by atoms with Crippen molar-refractivity contribution in [2.24, 2.45) is 0 Å². The molecule has 4 rings (SSSR count). The van der Waals surface area contributed by atoms with Gasteiger partial charge >= 0.3 is 0 Å². The number of nitrogens with zero attached hydrogens (tertiary/aromatic N) is 5. The molecule has 0 bridgehead atoms. The Labute approximate surface area is 208 Å². The van der Waals surface area contributed by atoms with E-state index in [0.717, 1.165) is 73.7 Å². The van der Waals surface area contributed by atoms with Gasteiger partial charge in [0.1, 0.15) is 17.4 Å². The first-order chi connectivity index (χ1) is 17.2. The molecule has 1 N–H and O–H groups in total. The number of morpholine rings is 1. The lowest BCUT2D eigenvalue weighted by Gasteiger charge is -2.28. The van der Waals surface area contributed by atoms with Crippen molar-refractivity contribution in [2.75, 3.05) is 67.7 Å². The van der Waals surface area contributed by atoms with Gasteiger partial charge in [0, 0.05) is 50.6 Å². The zero-order valence-electron chi connectivity index (χ0n) is 21.0. The number of hydrogen-bond donors (Lipinski definition) is 1. The van der Waals surface area contributed by atoms with E-state index in [4.69, 9.17) is 19.4 Å². The summed E-state index contributed by atoms with van der Waals surface area (Å²) in [4.78, 5) is 18.9. The molecule has 3 aromatic rings. The molecular formula is C27H36N6O2. The van der Waals surface area contributed by atoms with Crippen molar-refractivity contribution in [1.82, 2.24) is 15.0 Å². The SMILES string of the molecule is CCCN(CCNc1cc(-c2cccc(OCC)c2)nc(N2CCOCC2)n1)c1ncccc1C. The fraction of sp³-hybridized carbons (Fsp3) is 0.444. The van der Waals surface area contributed by atoms with E-state index in [0.29, 0.717) is 19.8 Å². The maximum absolute atomic E-state index is 5.71. The van der Waals surface area contributed by atoms with Crippen LogP contribution in [-0.2, 0) is 4.74 Å². The lowest BCUT2D eigenvalue weighted by Crippen LogP contribution is -2.37. The van der Waals surface area contributed by atoms with Crippen molar-refractivity contribution >= 4 is 17.6 Å². The molecule has 8 heteroatoms. The van der Waals surface area contributed by atoms with Crippen molar-refractivity contribution in [3.63, 3.8) is 0 Å². The lowest BCUT2D eigenvalue weighted by atomic mass is 10.1. The predicted octanol–water partition coefficient (Wildman–Crippen LogP) is 4.41. The summed E-state index contributed by atoms with van der Waals surface area (Å²) in [5, 5.41) is 3.54. The molecule has 8 nitrogen and oxygen atoms in total. The average Bonchev–Trinajstić information content (AvgIpc) is 2.89. The summed E-state index contributed by atoms with van der Waals surface area (Å²) in [6.45, 7) is 12.4. The lowest BCUT2D eigenvalue weighted by molar-refractivity contribution is 0.122. The minimum atomic E-state index is 0.628. The molecule has 2 aromatic heterocycles. The summed E-state index contributed by atoms with van der Waals surface area (Å²) in [6.07, 6.45) is 2.92. The van der Waals surface area contributed by atoms with Gasteiger partial charge in [-0.3, -0.25) is 0 Å². The van der Waals surface area contributed by atoms with Crippen LogP contribution in [0.1, 0.15) is 25.8 Å². The maximum atomic E-state index is 5.71. The van der Waals surface area contributed by atoms with Gasteiger partial charge in [-0.25, -0.2) is 9.97 Å². The fourth-order valence-corrected chi connectivity index (χ4v) is 4.21. The van der Waals surface area contributed by atoms with Crippen LogP contribution < -0.4 is 19.9 Å². The van der Waals surface area contributed by atoms with Gasteiger partial charge in [0.2, 0.25) is 5.95 Å². The minimum absolute atomic E-state index is 0.628. The van der Waals surface area contributed by atoms with Crippen LogP contribution in [0.4, 0.5) is 17.6 Å². The molecule has 186 valence electrons. The molecule has 1 aliphatic rings. The van der Waals surface area contributed by atoms with Crippen molar-refractivity contribution in [3.8, 4) is 17.0 Å². The third kappa shape index (κ3) is 6.60. The summed E-state index contributed by atoms with van der Waals surface area (Å²) in [5.41, 5.74) is 3.07. The highest BCUT2D eigenvalue weighted by Gasteiger charge is 2.17. The highest BCUT2D eigenvalue weighted by Crippen LogP contribution is 2.26. The molecule has 0 spiro atoms. The van der Waals surface area contributed by atoms with Crippen LogP contribution in [0.2, 0.25) is 0 Å². The average molecular weight is 477 g/mol. The van der Waals surface area contributed by atoms with Crippen LogP contribution >= 0.6 is 0 Å². The van der Waals surface area contributed by atoms with Crippen molar-refractivity contribution in [1.29, 1.82) is 0 Å². The van der Waals surface area contributed by atoms with Gasteiger partial charge in [-0.15, -0.1) is 0 Å². The normalized spacial score (nSPS) is 13.5. The van der Waals surface area contributed by atoms with E-state index < -0.39 is 0 Å². The van der Waals surface area contributed by atoms with Crippen LogP contribution in [0.3, 0.4) is 0 Å². The summed E-state index contributed by atoms with van der Waals surface area (Å²) in [7, 11) is 0. The first kappa shape index (κ1) is 24.7. The molecule has 0 atom stereocenters. The summed E-state index contributed by atoms with van der Waals surface area (Å²) < 4.78 is 11.2. The Bertz CT molecular complexity index is 1090. The van der Waals surface area contributed by atoms with Crippen LogP contribution in [0, 0.1) is 6.92 Å². The monoisotopic (exact) mass is 476 g/mol. The summed E-state index contributed by atoms with van der Waals surface area (Å²) in [6, 6.07) is 14.2. The number of nitrogens with one attached hydrogen (secondary N) is 1. The number of aryl methyl sites for hydroxylation is 1. The minimum Gasteiger partial charge on any atom is -0.494 e. The second kappa shape index (κ2) is 12.4. The Morgan fingerprint density at radius 2 is 1.91 bits per heavy atom.